The summed E-state index contributed by atoms with van der Waals surface area (Å²) >= 11 is 1.26. The Morgan fingerprint density at radius 1 is 1.42 bits per heavy atom. The van der Waals surface area contributed by atoms with E-state index in [1.165, 1.54) is 24.2 Å². The van der Waals surface area contributed by atoms with Crippen molar-refractivity contribution in [3.8, 4) is 0 Å². The van der Waals surface area contributed by atoms with E-state index < -0.39 is 10.0 Å². The van der Waals surface area contributed by atoms with Gasteiger partial charge in [0, 0.05) is 6.54 Å². The molecule has 106 valence electrons. The van der Waals surface area contributed by atoms with Crippen LogP contribution < -0.4 is 4.72 Å². The summed E-state index contributed by atoms with van der Waals surface area (Å²) < 4.78 is 27.5. The predicted molar refractivity (Wildman–Crippen MR) is 79.8 cm³/mol. The number of allylic oxidation sites excluding steroid dienone is 2. The number of thiophene rings is 1. The van der Waals surface area contributed by atoms with Crippen molar-refractivity contribution in [3.05, 3.63) is 29.7 Å². The van der Waals surface area contributed by atoms with Gasteiger partial charge in [-0.3, -0.25) is 0 Å². The van der Waals surface area contributed by atoms with E-state index in [0.717, 1.165) is 19.3 Å². The van der Waals surface area contributed by atoms with E-state index in [0.29, 0.717) is 10.8 Å². The molecule has 1 aromatic rings. The van der Waals surface area contributed by atoms with Crippen molar-refractivity contribution in [1.82, 2.24) is 4.72 Å². The maximum Gasteiger partial charge on any atom is 0.250 e. The molecule has 1 aliphatic carbocycles. The molecule has 0 spiro atoms. The van der Waals surface area contributed by atoms with Gasteiger partial charge in [-0.2, -0.15) is 0 Å². The zero-order chi connectivity index (χ0) is 13.8. The molecule has 0 aromatic carbocycles. The first kappa shape index (κ1) is 14.8. The van der Waals surface area contributed by atoms with Crippen molar-refractivity contribution >= 4 is 21.4 Å². The van der Waals surface area contributed by atoms with Crippen LogP contribution >= 0.6 is 11.3 Å². The van der Waals surface area contributed by atoms with Crippen LogP contribution in [0.2, 0.25) is 0 Å². The second-order valence-electron chi connectivity index (χ2n) is 5.24. The molecule has 0 atom stereocenters. The van der Waals surface area contributed by atoms with Crippen LogP contribution in [0.25, 0.3) is 0 Å². The average Bonchev–Trinajstić information content (AvgIpc) is 3.06. The molecule has 1 fully saturated rings. The van der Waals surface area contributed by atoms with Crippen LogP contribution in [0, 0.1) is 5.41 Å². The molecule has 0 bridgehead atoms. The summed E-state index contributed by atoms with van der Waals surface area (Å²) in [4.78, 5) is 0. The highest BCUT2D eigenvalue weighted by Crippen LogP contribution is 2.41. The molecule has 1 saturated carbocycles. The molecular weight excluding hydrogens is 278 g/mol. The van der Waals surface area contributed by atoms with Gasteiger partial charge in [0.15, 0.2) is 0 Å². The van der Waals surface area contributed by atoms with Crippen LogP contribution in [-0.4, -0.2) is 15.0 Å². The lowest BCUT2D eigenvalue weighted by molar-refractivity contribution is 0.301. The zero-order valence-corrected chi connectivity index (χ0v) is 12.9. The van der Waals surface area contributed by atoms with E-state index in [9.17, 15) is 8.42 Å². The number of rotatable bonds is 6. The Bertz CT molecular complexity index is 512. The van der Waals surface area contributed by atoms with Crippen molar-refractivity contribution in [2.45, 2.75) is 43.2 Å². The SMILES string of the molecule is C/C=C/CC1(CNS(=O)(=O)c2cccs2)CCCC1. The fourth-order valence-electron chi connectivity index (χ4n) is 2.68. The average molecular weight is 299 g/mol. The maximum atomic E-state index is 12.1. The topological polar surface area (TPSA) is 46.2 Å². The van der Waals surface area contributed by atoms with E-state index >= 15 is 0 Å². The lowest BCUT2D eigenvalue weighted by Crippen LogP contribution is -2.35. The normalized spacial score (nSPS) is 19.2. The predicted octanol–water partition coefficient (Wildman–Crippen LogP) is 3.55. The summed E-state index contributed by atoms with van der Waals surface area (Å²) in [5.41, 5.74) is 0.122. The van der Waals surface area contributed by atoms with Gasteiger partial charge in [0.2, 0.25) is 10.0 Å². The lowest BCUT2D eigenvalue weighted by atomic mass is 9.83. The second-order valence-corrected chi connectivity index (χ2v) is 8.18. The van der Waals surface area contributed by atoms with E-state index in [1.54, 1.807) is 17.5 Å². The molecule has 3 nitrogen and oxygen atoms in total. The van der Waals surface area contributed by atoms with Gasteiger partial charge in [0.05, 0.1) is 0 Å². The minimum atomic E-state index is -3.32. The van der Waals surface area contributed by atoms with Gasteiger partial charge in [-0.1, -0.05) is 31.1 Å². The summed E-state index contributed by atoms with van der Waals surface area (Å²) in [6.07, 6.45) is 9.82. The third kappa shape index (κ3) is 3.68. The highest BCUT2D eigenvalue weighted by atomic mass is 32.2. The van der Waals surface area contributed by atoms with Crippen LogP contribution in [0.15, 0.2) is 33.9 Å². The second kappa shape index (κ2) is 6.20. The smallest absolute Gasteiger partial charge is 0.210 e. The molecule has 5 heteroatoms. The van der Waals surface area contributed by atoms with Crippen LogP contribution in [0.4, 0.5) is 0 Å². The summed E-state index contributed by atoms with van der Waals surface area (Å²) in [6.45, 7) is 2.57. The van der Waals surface area contributed by atoms with Crippen molar-refractivity contribution < 1.29 is 8.42 Å². The minimum absolute atomic E-state index is 0.122. The van der Waals surface area contributed by atoms with Gasteiger partial charge in [0.25, 0.3) is 0 Å². The molecule has 1 heterocycles. The molecule has 1 N–H and O–H groups in total. The fourth-order valence-corrected chi connectivity index (χ4v) is 4.88. The first-order chi connectivity index (χ1) is 9.08. The van der Waals surface area contributed by atoms with E-state index in [1.807, 2.05) is 13.0 Å². The summed E-state index contributed by atoms with van der Waals surface area (Å²) in [6, 6.07) is 3.42. The number of sulfonamides is 1. The highest BCUT2D eigenvalue weighted by molar-refractivity contribution is 7.91. The summed E-state index contributed by atoms with van der Waals surface area (Å²) in [5.74, 6) is 0. The lowest BCUT2D eigenvalue weighted by Gasteiger charge is -2.27. The van der Waals surface area contributed by atoms with Gasteiger partial charge >= 0.3 is 0 Å². The Hall–Kier alpha value is -0.650. The van der Waals surface area contributed by atoms with Crippen LogP contribution in [0.1, 0.15) is 39.0 Å². The van der Waals surface area contributed by atoms with Crippen molar-refractivity contribution in [2.75, 3.05) is 6.54 Å². The number of hydrogen-bond acceptors (Lipinski definition) is 3. The van der Waals surface area contributed by atoms with E-state index in [4.69, 9.17) is 0 Å². The number of nitrogens with one attached hydrogen (secondary N) is 1. The Kier molecular flexibility index (Phi) is 4.81. The first-order valence-corrected chi connectivity index (χ1v) is 9.09. The molecule has 0 radical (unpaired) electrons. The standard InChI is InChI=1S/C14H21NO2S2/c1-2-3-8-14(9-4-5-10-14)12-15-19(16,17)13-7-6-11-18-13/h2-3,6-7,11,15H,4-5,8-10,12H2,1H3/b3-2+. The third-order valence-corrected chi connectivity index (χ3v) is 6.65. The van der Waals surface area contributed by atoms with Gasteiger partial charge in [-0.15, -0.1) is 11.3 Å². The van der Waals surface area contributed by atoms with Crippen molar-refractivity contribution in [1.29, 1.82) is 0 Å². The van der Waals surface area contributed by atoms with Crippen molar-refractivity contribution in [2.24, 2.45) is 5.41 Å². The van der Waals surface area contributed by atoms with Gasteiger partial charge in [-0.25, -0.2) is 13.1 Å². The molecule has 1 aromatic heterocycles. The van der Waals surface area contributed by atoms with E-state index in [2.05, 4.69) is 10.8 Å². The Morgan fingerprint density at radius 3 is 2.74 bits per heavy atom. The quantitative estimate of drug-likeness (QED) is 0.816. The van der Waals surface area contributed by atoms with Crippen LogP contribution in [-0.2, 0) is 10.0 Å². The molecular formula is C14H21NO2S2. The highest BCUT2D eigenvalue weighted by Gasteiger charge is 2.34. The van der Waals surface area contributed by atoms with Gasteiger partial charge in [-0.05, 0) is 43.0 Å². The van der Waals surface area contributed by atoms with Crippen LogP contribution in [0.5, 0.6) is 0 Å². The summed E-state index contributed by atoms with van der Waals surface area (Å²) in [5, 5.41) is 1.79. The molecule has 1 aliphatic rings. The Balaban J connectivity index is 2.03. The van der Waals surface area contributed by atoms with Gasteiger partial charge in [0.1, 0.15) is 4.21 Å². The molecule has 0 saturated heterocycles. The molecule has 19 heavy (non-hydrogen) atoms. The maximum absolute atomic E-state index is 12.1. The number of hydrogen-bond donors (Lipinski definition) is 1. The monoisotopic (exact) mass is 299 g/mol. The zero-order valence-electron chi connectivity index (χ0n) is 11.3. The first-order valence-electron chi connectivity index (χ1n) is 6.72. The third-order valence-electron chi connectivity index (χ3n) is 3.85. The molecule has 0 aliphatic heterocycles. The van der Waals surface area contributed by atoms with Crippen LogP contribution in [0.3, 0.4) is 0 Å². The fraction of sp³-hybridized carbons (Fsp3) is 0.571. The minimum Gasteiger partial charge on any atom is -0.210 e. The van der Waals surface area contributed by atoms with E-state index in [-0.39, 0.29) is 5.41 Å². The van der Waals surface area contributed by atoms with Gasteiger partial charge < -0.3 is 0 Å². The molecule has 2 rings (SSSR count). The Morgan fingerprint density at radius 2 is 2.16 bits per heavy atom. The molecule has 0 amide bonds. The molecule has 0 unspecified atom stereocenters. The Labute approximate surface area is 119 Å². The largest absolute Gasteiger partial charge is 0.250 e. The van der Waals surface area contributed by atoms with Crippen molar-refractivity contribution in [3.63, 3.8) is 0 Å². The summed E-state index contributed by atoms with van der Waals surface area (Å²) in [7, 11) is -3.32.